The van der Waals surface area contributed by atoms with E-state index in [2.05, 4.69) is 16.2 Å². The van der Waals surface area contributed by atoms with Crippen molar-refractivity contribution in [3.63, 3.8) is 0 Å². The molecule has 132 valence electrons. The van der Waals surface area contributed by atoms with Crippen LogP contribution in [0.4, 0.5) is 4.39 Å². The highest BCUT2D eigenvalue weighted by Gasteiger charge is 2.43. The minimum atomic E-state index is -0.265. The molecule has 5 nitrogen and oxygen atoms in total. The molecule has 1 aromatic carbocycles. The molecular formula is C19H23FN4O. The van der Waals surface area contributed by atoms with E-state index in [1.54, 1.807) is 12.1 Å². The Balaban J connectivity index is 1.39. The average molecular weight is 342 g/mol. The molecule has 3 heterocycles. The van der Waals surface area contributed by atoms with Crippen LogP contribution in [0.2, 0.25) is 0 Å². The van der Waals surface area contributed by atoms with E-state index < -0.39 is 0 Å². The highest BCUT2D eigenvalue weighted by atomic mass is 19.1. The number of likely N-dealkylation sites (tertiary alicyclic amines) is 2. The molecule has 0 unspecified atom stereocenters. The lowest BCUT2D eigenvalue weighted by Gasteiger charge is -2.25. The number of hydrogen-bond donors (Lipinski definition) is 0. The Morgan fingerprint density at radius 2 is 1.92 bits per heavy atom. The van der Waals surface area contributed by atoms with E-state index >= 15 is 0 Å². The zero-order chi connectivity index (χ0) is 17.4. The summed E-state index contributed by atoms with van der Waals surface area (Å²) in [4.78, 5) is 17.2. The van der Waals surface area contributed by atoms with Gasteiger partial charge in [0.2, 0.25) is 5.91 Å². The number of carbonyl (C=O) groups excluding carboxylic acids is 1. The van der Waals surface area contributed by atoms with Crippen LogP contribution < -0.4 is 0 Å². The zero-order valence-corrected chi connectivity index (χ0v) is 14.4. The summed E-state index contributed by atoms with van der Waals surface area (Å²) in [5.74, 6) is -0.110. The summed E-state index contributed by atoms with van der Waals surface area (Å²) in [5, 5.41) is 4.24. The minimum absolute atomic E-state index is 0.155. The molecule has 25 heavy (non-hydrogen) atoms. The van der Waals surface area contributed by atoms with Crippen molar-refractivity contribution in [1.29, 1.82) is 0 Å². The monoisotopic (exact) mass is 342 g/mol. The van der Waals surface area contributed by atoms with Crippen LogP contribution in [0.1, 0.15) is 24.0 Å². The van der Waals surface area contributed by atoms with Crippen molar-refractivity contribution in [3.05, 3.63) is 53.6 Å². The number of benzene rings is 1. The van der Waals surface area contributed by atoms with Crippen molar-refractivity contribution >= 4 is 5.91 Å². The zero-order valence-electron chi connectivity index (χ0n) is 14.4. The highest BCUT2D eigenvalue weighted by Crippen LogP contribution is 2.33. The van der Waals surface area contributed by atoms with Crippen LogP contribution in [0, 0.1) is 5.82 Å². The van der Waals surface area contributed by atoms with Crippen molar-refractivity contribution in [2.45, 2.75) is 37.9 Å². The van der Waals surface area contributed by atoms with Gasteiger partial charge in [0.15, 0.2) is 0 Å². The Hall–Kier alpha value is -2.21. The molecule has 6 heteroatoms. The number of nitrogens with zero attached hydrogens (tertiary/aromatic N) is 4. The predicted molar refractivity (Wildman–Crippen MR) is 92.2 cm³/mol. The van der Waals surface area contributed by atoms with Crippen molar-refractivity contribution in [3.8, 4) is 0 Å². The topological polar surface area (TPSA) is 41.4 Å². The number of aryl methyl sites for hydroxylation is 1. The first-order valence-corrected chi connectivity index (χ1v) is 8.85. The first-order chi connectivity index (χ1) is 12.1. The van der Waals surface area contributed by atoms with Crippen LogP contribution >= 0.6 is 0 Å². The van der Waals surface area contributed by atoms with Crippen molar-refractivity contribution in [1.82, 2.24) is 19.6 Å². The summed E-state index contributed by atoms with van der Waals surface area (Å²) in [6, 6.07) is 6.98. The van der Waals surface area contributed by atoms with E-state index in [1.807, 2.05) is 22.8 Å². The van der Waals surface area contributed by atoms with Crippen LogP contribution in [0.3, 0.4) is 0 Å². The first-order valence-electron chi connectivity index (χ1n) is 8.85. The van der Waals surface area contributed by atoms with Crippen LogP contribution in [0.5, 0.6) is 0 Å². The first kappa shape index (κ1) is 16.3. The van der Waals surface area contributed by atoms with Crippen LogP contribution in [-0.2, 0) is 24.8 Å². The van der Waals surface area contributed by atoms with Crippen molar-refractivity contribution in [2.24, 2.45) is 7.05 Å². The quantitative estimate of drug-likeness (QED) is 0.853. The van der Waals surface area contributed by atoms with Gasteiger partial charge in [-0.3, -0.25) is 14.4 Å². The number of amides is 1. The Morgan fingerprint density at radius 3 is 2.64 bits per heavy atom. The SMILES string of the molecule is Cn1cc(CN2CC[C@@H]3[C@@H]2CCN3C(=O)Cc2ccc(F)cc2)cn1. The Morgan fingerprint density at radius 1 is 1.16 bits per heavy atom. The van der Waals surface area contributed by atoms with Crippen molar-refractivity contribution in [2.75, 3.05) is 13.1 Å². The third-order valence-electron chi connectivity index (χ3n) is 5.42. The maximum absolute atomic E-state index is 13.0. The summed E-state index contributed by atoms with van der Waals surface area (Å²) in [5.41, 5.74) is 2.10. The molecule has 0 bridgehead atoms. The predicted octanol–water partition coefficient (Wildman–Crippen LogP) is 1.98. The van der Waals surface area contributed by atoms with E-state index in [4.69, 9.17) is 0 Å². The molecule has 2 atom stereocenters. The highest BCUT2D eigenvalue weighted by molar-refractivity contribution is 5.79. The lowest BCUT2D eigenvalue weighted by atomic mass is 10.1. The fraction of sp³-hybridized carbons (Fsp3) is 0.474. The van der Waals surface area contributed by atoms with Gasteiger partial charge >= 0.3 is 0 Å². The molecule has 0 N–H and O–H groups in total. The Kier molecular flexibility index (Phi) is 4.29. The molecule has 2 saturated heterocycles. The number of aromatic nitrogens is 2. The molecule has 2 fully saturated rings. The van der Waals surface area contributed by atoms with Crippen LogP contribution in [0.25, 0.3) is 0 Å². The van der Waals surface area contributed by atoms with Gasteiger partial charge < -0.3 is 4.90 Å². The molecule has 1 amide bonds. The summed E-state index contributed by atoms with van der Waals surface area (Å²) in [6.45, 7) is 2.73. The van der Waals surface area contributed by atoms with Gasteiger partial charge in [0, 0.05) is 50.5 Å². The minimum Gasteiger partial charge on any atom is -0.338 e. The number of hydrogen-bond acceptors (Lipinski definition) is 3. The summed E-state index contributed by atoms with van der Waals surface area (Å²) in [6.07, 6.45) is 6.38. The van der Waals surface area contributed by atoms with E-state index in [1.165, 1.54) is 17.7 Å². The molecular weight excluding hydrogens is 319 g/mol. The fourth-order valence-electron chi connectivity index (χ4n) is 4.25. The van der Waals surface area contributed by atoms with Crippen LogP contribution in [-0.4, -0.2) is 50.7 Å². The number of halogens is 1. The molecule has 2 aromatic rings. The second kappa shape index (κ2) is 6.59. The van der Waals surface area contributed by atoms with Crippen LogP contribution in [0.15, 0.2) is 36.7 Å². The third kappa shape index (κ3) is 3.31. The lowest BCUT2D eigenvalue weighted by molar-refractivity contribution is -0.131. The van der Waals surface area contributed by atoms with Gasteiger partial charge in [0.1, 0.15) is 5.82 Å². The average Bonchev–Trinajstić information content (AvgIpc) is 3.28. The molecule has 0 aliphatic carbocycles. The van der Waals surface area contributed by atoms with Gasteiger partial charge in [-0.2, -0.15) is 5.10 Å². The van der Waals surface area contributed by atoms with Crippen molar-refractivity contribution < 1.29 is 9.18 Å². The lowest BCUT2D eigenvalue weighted by Crippen LogP contribution is -2.40. The van der Waals surface area contributed by atoms with E-state index in [0.29, 0.717) is 18.5 Å². The molecule has 4 rings (SSSR count). The second-order valence-electron chi connectivity index (χ2n) is 7.10. The van der Waals surface area contributed by atoms with Gasteiger partial charge in [0.05, 0.1) is 12.6 Å². The largest absolute Gasteiger partial charge is 0.338 e. The van der Waals surface area contributed by atoms with Gasteiger partial charge in [-0.1, -0.05) is 12.1 Å². The number of fused-ring (bicyclic) bond motifs is 1. The normalized spacial score (nSPS) is 23.2. The van der Waals surface area contributed by atoms with Gasteiger partial charge in [-0.15, -0.1) is 0 Å². The molecule has 2 aliphatic rings. The summed E-state index contributed by atoms with van der Waals surface area (Å²) >= 11 is 0. The van der Waals surface area contributed by atoms with E-state index in [9.17, 15) is 9.18 Å². The molecule has 2 aliphatic heterocycles. The molecule has 0 spiro atoms. The summed E-state index contributed by atoms with van der Waals surface area (Å²) < 4.78 is 14.8. The maximum atomic E-state index is 13.0. The standard InChI is InChI=1S/C19H23FN4O/c1-22-12-15(11-21-22)13-23-8-6-18-17(23)7-9-24(18)19(25)10-14-2-4-16(20)5-3-14/h2-5,11-12,17-18H,6-10,13H2,1H3/t17-,18+/m0/s1. The summed E-state index contributed by atoms with van der Waals surface area (Å²) in [7, 11) is 1.93. The van der Waals surface area contributed by atoms with E-state index in [-0.39, 0.29) is 11.7 Å². The third-order valence-corrected chi connectivity index (χ3v) is 5.42. The Labute approximate surface area is 147 Å². The van der Waals surface area contributed by atoms with Gasteiger partial charge in [-0.25, -0.2) is 4.39 Å². The van der Waals surface area contributed by atoms with E-state index in [0.717, 1.165) is 38.0 Å². The maximum Gasteiger partial charge on any atom is 0.227 e. The smallest absolute Gasteiger partial charge is 0.227 e. The molecule has 1 aromatic heterocycles. The Bertz CT molecular complexity index is 757. The van der Waals surface area contributed by atoms with Gasteiger partial charge in [0.25, 0.3) is 0 Å². The number of carbonyl (C=O) groups is 1. The number of rotatable bonds is 4. The fourth-order valence-corrected chi connectivity index (χ4v) is 4.25. The van der Waals surface area contributed by atoms with Gasteiger partial charge in [-0.05, 0) is 30.5 Å². The second-order valence-corrected chi connectivity index (χ2v) is 7.10. The molecule has 0 radical (unpaired) electrons. The molecule has 0 saturated carbocycles.